The van der Waals surface area contributed by atoms with Crippen molar-refractivity contribution in [1.82, 2.24) is 9.38 Å². The van der Waals surface area contributed by atoms with Crippen LogP contribution in [0.3, 0.4) is 0 Å². The minimum Gasteiger partial charge on any atom is -0.476 e. The van der Waals surface area contributed by atoms with Gasteiger partial charge in [-0.15, -0.1) is 0 Å². The zero-order valence-corrected chi connectivity index (χ0v) is 11.6. The summed E-state index contributed by atoms with van der Waals surface area (Å²) < 4.78 is 1.96. The molecule has 5 heteroatoms. The molecule has 0 spiro atoms. The van der Waals surface area contributed by atoms with E-state index in [-0.39, 0.29) is 5.69 Å². The van der Waals surface area contributed by atoms with Gasteiger partial charge in [-0.3, -0.25) is 0 Å². The summed E-state index contributed by atoms with van der Waals surface area (Å²) in [7, 11) is 0. The fourth-order valence-corrected chi connectivity index (χ4v) is 3.72. The highest BCUT2D eigenvalue weighted by Crippen LogP contribution is 2.32. The average molecular weight is 276 g/mol. The SMILES string of the molecule is Cc1ccn2c(C3CCSCC3)nc(C(=O)O)c2c1. The van der Waals surface area contributed by atoms with Gasteiger partial charge in [-0.05, 0) is 49.0 Å². The molecule has 19 heavy (non-hydrogen) atoms. The molecule has 1 N–H and O–H groups in total. The Hall–Kier alpha value is -1.49. The Morgan fingerprint density at radius 2 is 2.21 bits per heavy atom. The number of rotatable bonds is 2. The lowest BCUT2D eigenvalue weighted by atomic mass is 10.0. The second kappa shape index (κ2) is 4.89. The van der Waals surface area contributed by atoms with Crippen molar-refractivity contribution in [3.05, 3.63) is 35.4 Å². The van der Waals surface area contributed by atoms with Gasteiger partial charge in [0.2, 0.25) is 0 Å². The Labute approximate surface area is 115 Å². The zero-order chi connectivity index (χ0) is 13.4. The first-order valence-electron chi connectivity index (χ1n) is 6.46. The summed E-state index contributed by atoms with van der Waals surface area (Å²) in [6.07, 6.45) is 4.11. The van der Waals surface area contributed by atoms with Crippen LogP contribution in [0.25, 0.3) is 5.52 Å². The maximum absolute atomic E-state index is 11.3. The van der Waals surface area contributed by atoms with Gasteiger partial charge in [0.15, 0.2) is 5.69 Å². The third-order valence-corrected chi connectivity index (χ3v) is 4.66. The normalized spacial score (nSPS) is 16.9. The molecule has 2 aromatic rings. The molecule has 0 bridgehead atoms. The van der Waals surface area contributed by atoms with Crippen LogP contribution < -0.4 is 0 Å². The summed E-state index contributed by atoms with van der Waals surface area (Å²) in [6, 6.07) is 3.90. The molecule has 0 aromatic carbocycles. The number of aromatic carboxylic acids is 1. The Morgan fingerprint density at radius 1 is 1.47 bits per heavy atom. The van der Waals surface area contributed by atoms with E-state index in [4.69, 9.17) is 0 Å². The fourth-order valence-electron chi connectivity index (χ4n) is 2.61. The number of imidazole rings is 1. The van der Waals surface area contributed by atoms with Crippen molar-refractivity contribution in [3.63, 3.8) is 0 Å². The van der Waals surface area contributed by atoms with Gasteiger partial charge in [-0.2, -0.15) is 11.8 Å². The molecule has 1 fully saturated rings. The summed E-state index contributed by atoms with van der Waals surface area (Å²) in [5, 5.41) is 9.31. The minimum absolute atomic E-state index is 0.178. The smallest absolute Gasteiger partial charge is 0.356 e. The quantitative estimate of drug-likeness (QED) is 0.916. The molecule has 3 rings (SSSR count). The van der Waals surface area contributed by atoms with Crippen LogP contribution in [0.15, 0.2) is 18.3 Å². The first kappa shape index (κ1) is 12.5. The molecule has 1 aliphatic rings. The van der Waals surface area contributed by atoms with E-state index in [1.54, 1.807) is 0 Å². The van der Waals surface area contributed by atoms with Crippen molar-refractivity contribution in [3.8, 4) is 0 Å². The minimum atomic E-state index is -0.945. The van der Waals surface area contributed by atoms with E-state index in [0.717, 1.165) is 35.7 Å². The largest absolute Gasteiger partial charge is 0.476 e. The second-order valence-corrected chi connectivity index (χ2v) is 6.19. The molecule has 1 aliphatic heterocycles. The van der Waals surface area contributed by atoms with Crippen LogP contribution in [0.5, 0.6) is 0 Å². The van der Waals surface area contributed by atoms with Gasteiger partial charge in [0.25, 0.3) is 0 Å². The Bertz CT molecular complexity index is 630. The van der Waals surface area contributed by atoms with Gasteiger partial charge in [-0.25, -0.2) is 9.78 Å². The molecule has 1 saturated heterocycles. The van der Waals surface area contributed by atoms with Crippen LogP contribution in [0.1, 0.15) is 40.6 Å². The van der Waals surface area contributed by atoms with Gasteiger partial charge < -0.3 is 9.51 Å². The highest BCUT2D eigenvalue weighted by molar-refractivity contribution is 7.99. The fraction of sp³-hybridized carbons (Fsp3) is 0.429. The number of hydrogen-bond donors (Lipinski definition) is 1. The van der Waals surface area contributed by atoms with Gasteiger partial charge in [0.05, 0.1) is 5.52 Å². The summed E-state index contributed by atoms with van der Waals surface area (Å²) in [5.41, 5.74) is 1.94. The first-order valence-corrected chi connectivity index (χ1v) is 7.62. The number of carbonyl (C=O) groups is 1. The van der Waals surface area contributed by atoms with Crippen LogP contribution in [0.4, 0.5) is 0 Å². The molecule has 4 nitrogen and oxygen atoms in total. The van der Waals surface area contributed by atoms with E-state index in [0.29, 0.717) is 11.4 Å². The number of nitrogens with zero attached hydrogens (tertiary/aromatic N) is 2. The third-order valence-electron chi connectivity index (χ3n) is 3.62. The number of fused-ring (bicyclic) bond motifs is 1. The third kappa shape index (κ3) is 2.23. The number of aromatic nitrogens is 2. The standard InChI is InChI=1S/C14H16N2O2S/c1-9-2-5-16-11(8-9)12(14(17)18)15-13(16)10-3-6-19-7-4-10/h2,5,8,10H,3-4,6-7H2,1H3,(H,17,18). The average Bonchev–Trinajstić information content (AvgIpc) is 2.78. The van der Waals surface area contributed by atoms with E-state index in [1.807, 2.05) is 41.4 Å². The maximum atomic E-state index is 11.3. The van der Waals surface area contributed by atoms with Crippen LogP contribution >= 0.6 is 11.8 Å². The highest BCUT2D eigenvalue weighted by atomic mass is 32.2. The molecule has 2 aromatic heterocycles. The van der Waals surface area contributed by atoms with Crippen molar-refractivity contribution in [2.24, 2.45) is 0 Å². The lowest BCUT2D eigenvalue weighted by Gasteiger charge is -2.20. The molecule has 0 amide bonds. The van der Waals surface area contributed by atoms with Crippen molar-refractivity contribution < 1.29 is 9.90 Å². The molecule has 0 radical (unpaired) electrons. The molecule has 0 unspecified atom stereocenters. The number of thioether (sulfide) groups is 1. The van der Waals surface area contributed by atoms with Gasteiger partial charge in [-0.1, -0.05) is 0 Å². The Kier molecular flexibility index (Phi) is 3.22. The topological polar surface area (TPSA) is 54.6 Å². The summed E-state index contributed by atoms with van der Waals surface area (Å²) in [4.78, 5) is 15.8. The van der Waals surface area contributed by atoms with Gasteiger partial charge in [0.1, 0.15) is 5.82 Å². The van der Waals surface area contributed by atoms with Crippen LogP contribution in [0, 0.1) is 6.92 Å². The van der Waals surface area contributed by atoms with E-state index in [2.05, 4.69) is 4.98 Å². The maximum Gasteiger partial charge on any atom is 0.356 e. The Morgan fingerprint density at radius 3 is 2.89 bits per heavy atom. The van der Waals surface area contributed by atoms with Crippen LogP contribution in [0.2, 0.25) is 0 Å². The van der Waals surface area contributed by atoms with E-state index in [1.165, 1.54) is 0 Å². The molecule has 0 aliphatic carbocycles. The summed E-state index contributed by atoms with van der Waals surface area (Å²) >= 11 is 1.96. The van der Waals surface area contributed by atoms with E-state index < -0.39 is 5.97 Å². The van der Waals surface area contributed by atoms with Crippen molar-refractivity contribution >= 4 is 23.2 Å². The molecule has 100 valence electrons. The van der Waals surface area contributed by atoms with Gasteiger partial charge in [0, 0.05) is 12.1 Å². The van der Waals surface area contributed by atoms with Gasteiger partial charge >= 0.3 is 5.97 Å². The number of aryl methyl sites for hydroxylation is 1. The molecule has 0 atom stereocenters. The predicted molar refractivity (Wildman–Crippen MR) is 76.2 cm³/mol. The monoisotopic (exact) mass is 276 g/mol. The van der Waals surface area contributed by atoms with Crippen LogP contribution in [-0.4, -0.2) is 32.0 Å². The number of carboxylic acids is 1. The summed E-state index contributed by atoms with van der Waals surface area (Å²) in [5.74, 6) is 2.61. The molecular formula is C14H16N2O2S. The predicted octanol–water partition coefficient (Wildman–Crippen LogP) is 2.95. The zero-order valence-electron chi connectivity index (χ0n) is 10.8. The Balaban J connectivity index is 2.16. The number of hydrogen-bond acceptors (Lipinski definition) is 3. The molecular weight excluding hydrogens is 260 g/mol. The van der Waals surface area contributed by atoms with E-state index >= 15 is 0 Å². The lowest BCUT2D eigenvalue weighted by Crippen LogP contribution is -2.11. The number of carboxylic acid groups (broad SMARTS) is 1. The number of pyridine rings is 1. The lowest BCUT2D eigenvalue weighted by molar-refractivity contribution is 0.0693. The van der Waals surface area contributed by atoms with Crippen molar-refractivity contribution in [2.75, 3.05) is 11.5 Å². The van der Waals surface area contributed by atoms with E-state index in [9.17, 15) is 9.90 Å². The summed E-state index contributed by atoms with van der Waals surface area (Å²) in [6.45, 7) is 1.97. The molecule has 0 saturated carbocycles. The second-order valence-electron chi connectivity index (χ2n) is 4.97. The first-order chi connectivity index (χ1) is 9.16. The van der Waals surface area contributed by atoms with Crippen molar-refractivity contribution in [1.29, 1.82) is 0 Å². The highest BCUT2D eigenvalue weighted by Gasteiger charge is 2.24. The van der Waals surface area contributed by atoms with Crippen LogP contribution in [-0.2, 0) is 0 Å². The van der Waals surface area contributed by atoms with Crippen molar-refractivity contribution in [2.45, 2.75) is 25.7 Å². The molecule has 3 heterocycles.